The van der Waals surface area contributed by atoms with E-state index in [9.17, 15) is 36.8 Å². The highest BCUT2D eigenvalue weighted by Gasteiger charge is 2.63. The van der Waals surface area contributed by atoms with Crippen LogP contribution in [0.25, 0.3) is 0 Å². The fraction of sp³-hybridized carbons (Fsp3) is 0.683. The van der Waals surface area contributed by atoms with Crippen LogP contribution in [0.15, 0.2) is 30.9 Å². The maximum Gasteiger partial charge on any atom is 0.410 e. The Hall–Kier alpha value is -4.21. The van der Waals surface area contributed by atoms with Crippen LogP contribution in [0.2, 0.25) is 0 Å². The molecule has 10 rings (SSSR count). The molecule has 57 heavy (non-hydrogen) atoms. The number of nitrogens with one attached hydrogen (secondary N) is 3. The molecule has 0 radical (unpaired) electrons. The monoisotopic (exact) mass is 809 g/mol. The average molecular weight is 810 g/mol. The lowest BCUT2D eigenvalue weighted by Crippen LogP contribution is -2.60. The molecule has 16 heteroatoms. The number of rotatable bonds is 9. The minimum Gasteiger partial charge on any atom is -0.444 e. The van der Waals surface area contributed by atoms with E-state index in [0.29, 0.717) is 67.4 Å². The van der Waals surface area contributed by atoms with Crippen LogP contribution in [-0.2, 0) is 47.0 Å². The van der Waals surface area contributed by atoms with Crippen LogP contribution in [0.1, 0.15) is 107 Å². The van der Waals surface area contributed by atoms with Crippen molar-refractivity contribution < 1.29 is 46.3 Å². The average Bonchev–Trinajstić information content (AvgIpc) is 4.05. The van der Waals surface area contributed by atoms with E-state index < -0.39 is 92.3 Å². The zero-order chi connectivity index (χ0) is 39.9. The molecular weight excluding hydrogens is 758 g/mol. The van der Waals surface area contributed by atoms with E-state index in [4.69, 9.17) is 9.47 Å². The Bertz CT molecular complexity index is 1960. The summed E-state index contributed by atoms with van der Waals surface area (Å²) in [6.45, 7) is 3.93. The van der Waals surface area contributed by atoms with Gasteiger partial charge in [-0.05, 0) is 100 Å². The number of amides is 5. The van der Waals surface area contributed by atoms with Gasteiger partial charge in [0, 0.05) is 24.4 Å². The van der Waals surface area contributed by atoms with Gasteiger partial charge < -0.3 is 25.0 Å². The van der Waals surface area contributed by atoms with E-state index in [-0.39, 0.29) is 25.9 Å². The molecule has 308 valence electrons. The topological polar surface area (TPSA) is 181 Å². The molecule has 3 aliphatic heterocycles. The summed E-state index contributed by atoms with van der Waals surface area (Å²) in [5.41, 5.74) is -1.07. The lowest BCUT2D eigenvalue weighted by Gasteiger charge is -2.55. The molecule has 8 fully saturated rings. The minimum absolute atomic E-state index is 0.00691. The van der Waals surface area contributed by atoms with E-state index >= 15 is 0 Å². The summed E-state index contributed by atoms with van der Waals surface area (Å²) in [6, 6.07) is 1.65. The summed E-state index contributed by atoms with van der Waals surface area (Å²) in [5.74, 6) is -1.45. The summed E-state index contributed by atoms with van der Waals surface area (Å²) in [7, 11) is -3.93. The minimum atomic E-state index is -3.93. The van der Waals surface area contributed by atoms with E-state index in [1.54, 1.807) is 12.1 Å². The van der Waals surface area contributed by atoms with Crippen molar-refractivity contribution in [1.82, 2.24) is 25.2 Å². The van der Waals surface area contributed by atoms with Crippen LogP contribution in [0.5, 0.6) is 0 Å². The third-order valence-electron chi connectivity index (χ3n) is 14.2. The number of hydrogen-bond acceptors (Lipinski definition) is 9. The van der Waals surface area contributed by atoms with Gasteiger partial charge in [-0.2, -0.15) is 0 Å². The lowest BCUT2D eigenvalue weighted by atomic mass is 9.54. The van der Waals surface area contributed by atoms with Gasteiger partial charge in [0.15, 0.2) is 0 Å². The number of carbonyl (C=O) groups excluding carboxylic acids is 5. The number of halogens is 1. The zero-order valence-corrected chi connectivity index (χ0v) is 32.9. The number of benzene rings is 1. The number of hydrogen-bond donors (Lipinski definition) is 3. The fourth-order valence-corrected chi connectivity index (χ4v) is 12.8. The quantitative estimate of drug-likeness (QED) is 0.307. The van der Waals surface area contributed by atoms with Crippen molar-refractivity contribution in [2.75, 3.05) is 0 Å². The van der Waals surface area contributed by atoms with Crippen molar-refractivity contribution in [1.29, 1.82) is 0 Å². The van der Waals surface area contributed by atoms with Gasteiger partial charge in [-0.15, -0.1) is 6.58 Å². The first kappa shape index (κ1) is 38.3. The fourth-order valence-electron chi connectivity index (χ4n) is 11.5. The molecule has 0 aromatic heterocycles. The summed E-state index contributed by atoms with van der Waals surface area (Å²) < 4.78 is 54.7. The Morgan fingerprint density at radius 1 is 0.912 bits per heavy atom. The van der Waals surface area contributed by atoms with Gasteiger partial charge in [-0.3, -0.25) is 24.0 Å². The first-order valence-electron chi connectivity index (χ1n) is 20.8. The largest absolute Gasteiger partial charge is 0.444 e. The molecule has 9 aliphatic rings. The second-order valence-electron chi connectivity index (χ2n) is 18.2. The Kier molecular flexibility index (Phi) is 9.59. The maximum atomic E-state index is 14.8. The van der Waals surface area contributed by atoms with Gasteiger partial charge in [-0.25, -0.2) is 22.4 Å². The van der Waals surface area contributed by atoms with Crippen molar-refractivity contribution in [2.45, 2.75) is 150 Å². The van der Waals surface area contributed by atoms with Gasteiger partial charge in [0.05, 0.1) is 17.8 Å². The van der Waals surface area contributed by atoms with E-state index in [1.807, 2.05) is 0 Å². The number of ether oxygens (including phenoxy) is 2. The Morgan fingerprint density at radius 3 is 2.26 bits per heavy atom. The van der Waals surface area contributed by atoms with Crippen molar-refractivity contribution in [3.05, 3.63) is 47.8 Å². The maximum absolute atomic E-state index is 14.8. The predicted molar refractivity (Wildman–Crippen MR) is 202 cm³/mol. The van der Waals surface area contributed by atoms with Gasteiger partial charge in [0.2, 0.25) is 21.8 Å². The molecule has 4 bridgehead atoms. The molecule has 1 aromatic carbocycles. The molecule has 1 aromatic rings. The molecule has 6 saturated carbocycles. The number of carbonyl (C=O) groups is 5. The van der Waals surface area contributed by atoms with Crippen molar-refractivity contribution in [2.24, 2.45) is 23.7 Å². The molecule has 3 unspecified atom stereocenters. The lowest BCUT2D eigenvalue weighted by molar-refractivity contribution is -0.144. The van der Waals surface area contributed by atoms with Crippen LogP contribution in [0, 0.1) is 29.5 Å². The Morgan fingerprint density at radius 2 is 1.61 bits per heavy atom. The summed E-state index contributed by atoms with van der Waals surface area (Å²) in [6.07, 6.45) is 8.74. The number of sulfonamides is 1. The molecule has 6 atom stereocenters. The Labute approximate surface area is 332 Å². The number of alkyl carbamates (subject to hydrolysis) is 1. The smallest absolute Gasteiger partial charge is 0.410 e. The first-order valence-corrected chi connectivity index (χ1v) is 22.4. The molecule has 0 spiro atoms. The van der Waals surface area contributed by atoms with Gasteiger partial charge in [-0.1, -0.05) is 37.5 Å². The highest BCUT2D eigenvalue weighted by Crippen LogP contribution is 2.57. The molecule has 2 saturated heterocycles. The molecule has 6 aliphatic carbocycles. The second-order valence-corrected chi connectivity index (χ2v) is 20.2. The number of nitrogens with zero attached hydrogens (tertiary/aromatic N) is 2. The van der Waals surface area contributed by atoms with Crippen LogP contribution < -0.4 is 15.4 Å². The zero-order valence-electron chi connectivity index (χ0n) is 32.1. The van der Waals surface area contributed by atoms with Crippen molar-refractivity contribution in [3.8, 4) is 0 Å². The molecule has 14 nitrogen and oxygen atoms in total. The normalized spacial score (nSPS) is 36.5. The third kappa shape index (κ3) is 7.17. The Balaban J connectivity index is 0.967. The third-order valence-corrected chi connectivity index (χ3v) is 16.0. The summed E-state index contributed by atoms with van der Waals surface area (Å²) in [4.78, 5) is 73.2. The molecular formula is C41H52FN5O9S. The summed E-state index contributed by atoms with van der Waals surface area (Å²) in [5, 5.41) is 5.02. The second kappa shape index (κ2) is 14.3. The van der Waals surface area contributed by atoms with E-state index in [0.717, 1.165) is 25.7 Å². The van der Waals surface area contributed by atoms with Crippen LogP contribution in [0.4, 0.5) is 14.0 Å². The van der Waals surface area contributed by atoms with Crippen LogP contribution >= 0.6 is 0 Å². The van der Waals surface area contributed by atoms with Gasteiger partial charge in [0.25, 0.3) is 5.91 Å². The van der Waals surface area contributed by atoms with E-state index in [2.05, 4.69) is 21.9 Å². The molecule has 3 N–H and O–H groups in total. The highest BCUT2D eigenvalue weighted by atomic mass is 32.2. The van der Waals surface area contributed by atoms with Crippen molar-refractivity contribution >= 4 is 39.9 Å². The van der Waals surface area contributed by atoms with Crippen LogP contribution in [0.3, 0.4) is 0 Å². The predicted octanol–water partition coefficient (Wildman–Crippen LogP) is 4.31. The molecule has 5 amide bonds. The van der Waals surface area contributed by atoms with E-state index in [1.165, 1.54) is 41.2 Å². The number of fused-ring (bicyclic) bond motifs is 2. The summed E-state index contributed by atoms with van der Waals surface area (Å²) >= 11 is 0. The first-order chi connectivity index (χ1) is 27.3. The van der Waals surface area contributed by atoms with Crippen molar-refractivity contribution in [3.63, 3.8) is 0 Å². The van der Waals surface area contributed by atoms with Gasteiger partial charge in [0.1, 0.15) is 35.1 Å². The highest BCUT2D eigenvalue weighted by molar-refractivity contribution is 7.91. The van der Waals surface area contributed by atoms with Gasteiger partial charge >= 0.3 is 12.2 Å². The SMILES string of the molecule is C=C[C@@H]1CC1(NC(=O)[C@@H]1C[C@@H](OC(=O)N2Cc3cccc(F)c3C2)C2CCCCCC(NC(=O)OC34CC5CC(CC(C5)C3)C4)C(=O)N21)C(=O)NS(=O)(=O)C1CC1. The van der Waals surface area contributed by atoms with Crippen LogP contribution in [-0.4, -0.2) is 88.7 Å². The standard InChI is InChI=1S/C41H52FN5O9S/c1-2-27-20-41(27,37(50)45-57(53,54)28-11-12-28)44-35(48)33-16-34(55-39(52)46-21-26-7-6-8-30(42)29(26)22-46)32-10-5-3-4-9-31(36(49)47(32)33)43-38(51)56-40-17-23-13-24(18-40)15-25(14-23)19-40/h2,6-8,23-25,27-28,31-34H,1,3-5,9-22H2,(H,43,51)(H,44,48)(H,45,50)/t23?,24?,25?,27-,31?,32?,33+,34-,40?,41?/m1/s1. The molecule has 3 heterocycles.